The number of likely N-dealkylation sites (N-methyl/N-ethyl adjacent to an activating group) is 1. The number of hydrogen-bond acceptors (Lipinski definition) is 4. The van der Waals surface area contributed by atoms with Crippen LogP contribution >= 0.6 is 0 Å². The van der Waals surface area contributed by atoms with E-state index in [-0.39, 0.29) is 5.84 Å². The zero-order valence-electron chi connectivity index (χ0n) is 7.65. The molecule has 1 aliphatic heterocycles. The summed E-state index contributed by atoms with van der Waals surface area (Å²) in [6.07, 6.45) is 0. The molecule has 0 fully saturated rings. The molecule has 0 aromatic heterocycles. The summed E-state index contributed by atoms with van der Waals surface area (Å²) in [5.41, 5.74) is 5.44. The molecule has 0 aliphatic carbocycles. The molecule has 0 amide bonds. The standard InChI is InChI=1S/C6H13N5OS/c1-11(2)4-3-8-6-5(7)9-13(12)10-6/h3-4H2,1-2H3,(H2,7,9)(H,8,10). The second kappa shape index (κ2) is 4.33. The van der Waals surface area contributed by atoms with E-state index in [1.807, 2.05) is 19.0 Å². The van der Waals surface area contributed by atoms with Gasteiger partial charge in [0.25, 0.3) is 11.2 Å². The Morgan fingerprint density at radius 1 is 1.54 bits per heavy atom. The summed E-state index contributed by atoms with van der Waals surface area (Å²) in [6.45, 7) is 1.57. The average molecular weight is 203 g/mol. The van der Waals surface area contributed by atoms with Crippen molar-refractivity contribution < 1.29 is 4.21 Å². The van der Waals surface area contributed by atoms with Crippen LogP contribution in [0, 0.1) is 0 Å². The lowest BCUT2D eigenvalue weighted by Crippen LogP contribution is -2.38. The molecule has 1 heterocycles. The van der Waals surface area contributed by atoms with Crippen LogP contribution in [0.15, 0.2) is 8.80 Å². The molecular formula is C6H13N5OS. The second-order valence-electron chi connectivity index (χ2n) is 2.88. The van der Waals surface area contributed by atoms with Gasteiger partial charge in [0.2, 0.25) is 0 Å². The first-order chi connectivity index (χ1) is 6.09. The summed E-state index contributed by atoms with van der Waals surface area (Å²) >= 11 is -1.52. The summed E-state index contributed by atoms with van der Waals surface area (Å²) in [5.74, 6) is 0.650. The molecule has 1 unspecified atom stereocenters. The van der Waals surface area contributed by atoms with Crippen molar-refractivity contribution in [3.8, 4) is 0 Å². The van der Waals surface area contributed by atoms with E-state index in [9.17, 15) is 4.21 Å². The molecule has 7 heteroatoms. The third kappa shape index (κ3) is 3.11. The van der Waals surface area contributed by atoms with Crippen LogP contribution in [0.25, 0.3) is 0 Å². The number of nitrogens with two attached hydrogens (primary N) is 1. The predicted octanol–water partition coefficient (Wildman–Crippen LogP) is -1.51. The van der Waals surface area contributed by atoms with Crippen molar-refractivity contribution in [2.24, 2.45) is 14.5 Å². The number of rotatable bonds is 3. The Bertz CT molecular complexity index is 272. The molecule has 6 nitrogen and oxygen atoms in total. The Morgan fingerprint density at radius 2 is 2.23 bits per heavy atom. The highest BCUT2D eigenvalue weighted by atomic mass is 32.2. The molecule has 1 atom stereocenters. The Hall–Kier alpha value is -0.950. The van der Waals surface area contributed by atoms with E-state index < -0.39 is 11.2 Å². The fourth-order valence-electron chi connectivity index (χ4n) is 0.793. The first-order valence-electron chi connectivity index (χ1n) is 3.83. The minimum atomic E-state index is -1.52. The molecule has 0 radical (unpaired) electrons. The molecule has 3 N–H and O–H groups in total. The molecule has 13 heavy (non-hydrogen) atoms. The second-order valence-corrected chi connectivity index (χ2v) is 3.70. The van der Waals surface area contributed by atoms with Crippen LogP contribution in [-0.4, -0.2) is 48.0 Å². The highest BCUT2D eigenvalue weighted by Crippen LogP contribution is 1.96. The molecule has 1 aliphatic rings. The summed E-state index contributed by atoms with van der Waals surface area (Å²) in [5, 5.41) is 2.95. The van der Waals surface area contributed by atoms with Crippen molar-refractivity contribution in [1.82, 2.24) is 10.2 Å². The first kappa shape index (κ1) is 10.1. The van der Waals surface area contributed by atoms with Crippen LogP contribution < -0.4 is 11.1 Å². The third-order valence-electron chi connectivity index (χ3n) is 1.44. The van der Waals surface area contributed by atoms with Gasteiger partial charge in [-0.3, -0.25) is 0 Å². The number of amidine groups is 2. The summed E-state index contributed by atoms with van der Waals surface area (Å²) in [7, 11) is 3.93. The van der Waals surface area contributed by atoms with E-state index in [4.69, 9.17) is 5.73 Å². The normalized spacial score (nSPS) is 21.6. The van der Waals surface area contributed by atoms with Gasteiger partial charge in [-0.15, -0.1) is 8.80 Å². The van der Waals surface area contributed by atoms with Gasteiger partial charge in [0.15, 0.2) is 11.7 Å². The van der Waals surface area contributed by atoms with Gasteiger partial charge in [-0.25, -0.2) is 4.21 Å². The minimum Gasteiger partial charge on any atom is -0.380 e. The zero-order valence-corrected chi connectivity index (χ0v) is 8.47. The van der Waals surface area contributed by atoms with Gasteiger partial charge in [-0.05, 0) is 14.1 Å². The van der Waals surface area contributed by atoms with Gasteiger partial charge in [0.05, 0.1) is 0 Å². The topological polar surface area (TPSA) is 83.1 Å². The Morgan fingerprint density at radius 3 is 2.69 bits per heavy atom. The summed E-state index contributed by atoms with van der Waals surface area (Å²) in [4.78, 5) is 2.02. The molecule has 1 rings (SSSR count). The van der Waals surface area contributed by atoms with Crippen molar-refractivity contribution in [3.63, 3.8) is 0 Å². The van der Waals surface area contributed by atoms with E-state index in [1.165, 1.54) is 0 Å². The molecule has 0 saturated carbocycles. The maximum Gasteiger partial charge on any atom is 0.269 e. The van der Waals surface area contributed by atoms with E-state index in [0.717, 1.165) is 6.54 Å². The number of nitrogens with zero attached hydrogens (tertiary/aromatic N) is 3. The van der Waals surface area contributed by atoms with Crippen molar-refractivity contribution >= 4 is 22.8 Å². The van der Waals surface area contributed by atoms with Crippen LogP contribution in [0.5, 0.6) is 0 Å². The van der Waals surface area contributed by atoms with Crippen molar-refractivity contribution in [2.45, 2.75) is 0 Å². The fourth-order valence-corrected chi connectivity index (χ4v) is 1.40. The first-order valence-corrected chi connectivity index (χ1v) is 4.90. The van der Waals surface area contributed by atoms with Gasteiger partial charge >= 0.3 is 0 Å². The molecular weight excluding hydrogens is 190 g/mol. The molecule has 0 spiro atoms. The van der Waals surface area contributed by atoms with Crippen LogP contribution in [0.2, 0.25) is 0 Å². The van der Waals surface area contributed by atoms with Gasteiger partial charge in [0, 0.05) is 13.1 Å². The van der Waals surface area contributed by atoms with E-state index in [1.54, 1.807) is 0 Å². The lowest BCUT2D eigenvalue weighted by atomic mass is 10.5. The molecule has 74 valence electrons. The zero-order chi connectivity index (χ0) is 9.84. The van der Waals surface area contributed by atoms with Crippen LogP contribution in [0.1, 0.15) is 0 Å². The summed E-state index contributed by atoms with van der Waals surface area (Å²) < 4.78 is 18.0. The average Bonchev–Trinajstić information content (AvgIpc) is 2.29. The molecule has 0 aromatic carbocycles. The monoisotopic (exact) mass is 203 g/mol. The highest BCUT2D eigenvalue weighted by molar-refractivity contribution is 7.83. The largest absolute Gasteiger partial charge is 0.380 e. The van der Waals surface area contributed by atoms with Gasteiger partial charge in [-0.1, -0.05) is 0 Å². The molecule has 0 bridgehead atoms. The van der Waals surface area contributed by atoms with Gasteiger partial charge < -0.3 is 16.0 Å². The maximum absolute atomic E-state index is 10.8. The minimum absolute atomic E-state index is 0.220. The van der Waals surface area contributed by atoms with Gasteiger partial charge in [-0.2, -0.15) is 0 Å². The maximum atomic E-state index is 10.8. The van der Waals surface area contributed by atoms with Crippen molar-refractivity contribution in [3.05, 3.63) is 0 Å². The molecule has 0 saturated heterocycles. The van der Waals surface area contributed by atoms with Crippen LogP contribution in [0.3, 0.4) is 0 Å². The Kier molecular flexibility index (Phi) is 3.38. The van der Waals surface area contributed by atoms with Gasteiger partial charge in [0.1, 0.15) is 0 Å². The quantitative estimate of drug-likeness (QED) is 0.584. The SMILES string of the molecule is CN(C)CCNC1=NS(=O)N=C1N. The highest BCUT2D eigenvalue weighted by Gasteiger charge is 2.14. The smallest absolute Gasteiger partial charge is 0.269 e. The van der Waals surface area contributed by atoms with Crippen molar-refractivity contribution in [1.29, 1.82) is 0 Å². The predicted molar refractivity (Wildman–Crippen MR) is 53.8 cm³/mol. The van der Waals surface area contributed by atoms with E-state index >= 15 is 0 Å². The van der Waals surface area contributed by atoms with E-state index in [2.05, 4.69) is 14.1 Å². The van der Waals surface area contributed by atoms with Crippen molar-refractivity contribution in [2.75, 3.05) is 27.2 Å². The van der Waals surface area contributed by atoms with Crippen LogP contribution in [-0.2, 0) is 11.2 Å². The van der Waals surface area contributed by atoms with Crippen LogP contribution in [0.4, 0.5) is 0 Å². The lowest BCUT2D eigenvalue weighted by molar-refractivity contribution is 0.413. The lowest BCUT2D eigenvalue weighted by Gasteiger charge is -2.10. The summed E-state index contributed by atoms with van der Waals surface area (Å²) in [6, 6.07) is 0. The Labute approximate surface area is 79.6 Å². The number of nitrogens with one attached hydrogen (secondary N) is 1. The number of hydrogen-bond donors (Lipinski definition) is 2. The van der Waals surface area contributed by atoms with E-state index in [0.29, 0.717) is 12.4 Å². The molecule has 0 aromatic rings. The Balaban J connectivity index is 2.35. The fraction of sp³-hybridized carbons (Fsp3) is 0.667. The third-order valence-corrected chi connectivity index (χ3v) is 2.13.